The minimum atomic E-state index is -0.207. The molecule has 2 aromatic rings. The Labute approximate surface area is 92.4 Å². The molecule has 0 spiro atoms. The lowest BCUT2D eigenvalue weighted by atomic mass is 10.3. The number of rotatable bonds is 2. The van der Waals surface area contributed by atoms with Crippen molar-refractivity contribution in [3.8, 4) is 0 Å². The van der Waals surface area contributed by atoms with E-state index in [4.69, 9.17) is 0 Å². The molecule has 0 saturated heterocycles. The first-order valence-electron chi connectivity index (χ1n) is 4.60. The molecule has 1 nitrogen and oxygen atoms in total. The molecule has 3 heteroatoms. The third-order valence-electron chi connectivity index (χ3n) is 1.93. The summed E-state index contributed by atoms with van der Waals surface area (Å²) >= 11 is 1.58. The second kappa shape index (κ2) is 4.45. The van der Waals surface area contributed by atoms with Crippen LogP contribution in [0.2, 0.25) is 0 Å². The van der Waals surface area contributed by atoms with Gasteiger partial charge in [-0.15, -0.1) is 0 Å². The summed E-state index contributed by atoms with van der Waals surface area (Å²) in [6.07, 6.45) is 1.82. The standard InChI is InChI=1S/C12H10FNS/c1-9-2-5-12(8-14-9)15-11-6-3-10(13)4-7-11/h2-8H,1H3. The van der Waals surface area contributed by atoms with E-state index >= 15 is 0 Å². The molecule has 0 N–H and O–H groups in total. The van der Waals surface area contributed by atoms with Gasteiger partial charge in [0.05, 0.1) is 0 Å². The van der Waals surface area contributed by atoms with E-state index in [0.29, 0.717) is 0 Å². The second-order valence-corrected chi connectivity index (χ2v) is 4.34. The molecule has 0 aliphatic rings. The van der Waals surface area contributed by atoms with Gasteiger partial charge in [-0.25, -0.2) is 4.39 Å². The number of benzene rings is 1. The van der Waals surface area contributed by atoms with E-state index in [1.54, 1.807) is 23.9 Å². The van der Waals surface area contributed by atoms with E-state index in [9.17, 15) is 4.39 Å². The highest BCUT2D eigenvalue weighted by Gasteiger charge is 1.97. The van der Waals surface area contributed by atoms with Crippen molar-refractivity contribution >= 4 is 11.8 Å². The maximum absolute atomic E-state index is 12.7. The van der Waals surface area contributed by atoms with Crippen LogP contribution in [0.25, 0.3) is 0 Å². The summed E-state index contributed by atoms with van der Waals surface area (Å²) in [6, 6.07) is 10.4. The van der Waals surface area contributed by atoms with Crippen molar-refractivity contribution in [2.75, 3.05) is 0 Å². The van der Waals surface area contributed by atoms with E-state index in [1.165, 1.54) is 12.1 Å². The maximum atomic E-state index is 12.7. The fourth-order valence-electron chi connectivity index (χ4n) is 1.15. The van der Waals surface area contributed by atoms with Gasteiger partial charge < -0.3 is 0 Å². The van der Waals surface area contributed by atoms with Crippen LogP contribution >= 0.6 is 11.8 Å². The first-order chi connectivity index (χ1) is 7.24. The quantitative estimate of drug-likeness (QED) is 0.764. The van der Waals surface area contributed by atoms with Crippen molar-refractivity contribution in [3.63, 3.8) is 0 Å². The van der Waals surface area contributed by atoms with Gasteiger partial charge in [0.2, 0.25) is 0 Å². The van der Waals surface area contributed by atoms with Crippen LogP contribution in [0.1, 0.15) is 5.69 Å². The zero-order chi connectivity index (χ0) is 10.7. The molecule has 2 rings (SSSR count). The Kier molecular flexibility index (Phi) is 3.02. The third kappa shape index (κ3) is 2.80. The van der Waals surface area contributed by atoms with Gasteiger partial charge in [-0.05, 0) is 43.3 Å². The van der Waals surface area contributed by atoms with Crippen molar-refractivity contribution in [1.29, 1.82) is 0 Å². The lowest BCUT2D eigenvalue weighted by Gasteiger charge is -2.01. The van der Waals surface area contributed by atoms with Crippen molar-refractivity contribution in [2.45, 2.75) is 16.7 Å². The number of nitrogens with zero attached hydrogens (tertiary/aromatic N) is 1. The molecule has 1 aromatic carbocycles. The molecule has 0 aliphatic heterocycles. The molecule has 0 aliphatic carbocycles. The normalized spacial score (nSPS) is 10.3. The number of hydrogen-bond acceptors (Lipinski definition) is 2. The van der Waals surface area contributed by atoms with Crippen LogP contribution in [-0.2, 0) is 0 Å². The van der Waals surface area contributed by atoms with Crippen molar-refractivity contribution in [2.24, 2.45) is 0 Å². The van der Waals surface area contributed by atoms with E-state index in [-0.39, 0.29) is 5.82 Å². The molecule has 1 heterocycles. The summed E-state index contributed by atoms with van der Waals surface area (Å²) in [6.45, 7) is 1.95. The minimum Gasteiger partial charge on any atom is -0.260 e. The zero-order valence-electron chi connectivity index (χ0n) is 8.27. The molecule has 0 saturated carbocycles. The van der Waals surface area contributed by atoms with Crippen molar-refractivity contribution in [3.05, 3.63) is 54.1 Å². The van der Waals surface area contributed by atoms with E-state index in [0.717, 1.165) is 15.5 Å². The highest BCUT2D eigenvalue weighted by Crippen LogP contribution is 2.26. The summed E-state index contributed by atoms with van der Waals surface area (Å²) < 4.78 is 12.7. The second-order valence-electron chi connectivity index (χ2n) is 3.19. The molecular formula is C12H10FNS. The monoisotopic (exact) mass is 219 g/mol. The average Bonchev–Trinajstić information content (AvgIpc) is 2.25. The summed E-state index contributed by atoms with van der Waals surface area (Å²) in [4.78, 5) is 6.28. The Morgan fingerprint density at radius 1 is 1.00 bits per heavy atom. The molecule has 1 aromatic heterocycles. The number of aromatic nitrogens is 1. The topological polar surface area (TPSA) is 12.9 Å². The summed E-state index contributed by atoms with van der Waals surface area (Å²) in [5.41, 5.74) is 0.999. The Morgan fingerprint density at radius 2 is 1.67 bits per heavy atom. The van der Waals surface area contributed by atoms with E-state index in [2.05, 4.69) is 4.98 Å². The fourth-order valence-corrected chi connectivity index (χ4v) is 1.94. The van der Waals surface area contributed by atoms with Crippen LogP contribution in [0.15, 0.2) is 52.4 Å². The highest BCUT2D eigenvalue weighted by atomic mass is 32.2. The van der Waals surface area contributed by atoms with Gasteiger partial charge in [-0.1, -0.05) is 11.8 Å². The Bertz CT molecular complexity index is 393. The molecule has 0 radical (unpaired) electrons. The summed E-state index contributed by atoms with van der Waals surface area (Å²) in [7, 11) is 0. The van der Waals surface area contributed by atoms with Crippen molar-refractivity contribution < 1.29 is 4.39 Å². The summed E-state index contributed by atoms with van der Waals surface area (Å²) in [5.74, 6) is -0.207. The number of aryl methyl sites for hydroxylation is 1. The van der Waals surface area contributed by atoms with E-state index < -0.39 is 0 Å². The molecule has 0 atom stereocenters. The van der Waals surface area contributed by atoms with Gasteiger partial charge >= 0.3 is 0 Å². The molecule has 0 amide bonds. The SMILES string of the molecule is Cc1ccc(Sc2ccc(F)cc2)cn1. The van der Waals surface area contributed by atoms with Gasteiger partial charge in [0.15, 0.2) is 0 Å². The van der Waals surface area contributed by atoms with Crippen LogP contribution in [0, 0.1) is 12.7 Å². The van der Waals surface area contributed by atoms with E-state index in [1.807, 2.05) is 25.3 Å². The van der Waals surface area contributed by atoms with Gasteiger partial charge in [-0.3, -0.25) is 4.98 Å². The minimum absolute atomic E-state index is 0.207. The Hall–Kier alpha value is -1.35. The first-order valence-corrected chi connectivity index (χ1v) is 5.42. The lowest BCUT2D eigenvalue weighted by molar-refractivity contribution is 0.626. The van der Waals surface area contributed by atoms with Crippen LogP contribution in [0.5, 0.6) is 0 Å². The zero-order valence-corrected chi connectivity index (χ0v) is 9.09. The summed E-state index contributed by atoms with van der Waals surface area (Å²) in [5, 5.41) is 0. The maximum Gasteiger partial charge on any atom is 0.123 e. The first kappa shape index (κ1) is 10.2. The van der Waals surface area contributed by atoms with Gasteiger partial charge in [0.25, 0.3) is 0 Å². The van der Waals surface area contributed by atoms with Gasteiger partial charge in [-0.2, -0.15) is 0 Å². The predicted molar refractivity (Wildman–Crippen MR) is 59.5 cm³/mol. The third-order valence-corrected chi connectivity index (χ3v) is 2.92. The molecule has 0 fully saturated rings. The molecule has 0 bridgehead atoms. The van der Waals surface area contributed by atoms with Crippen LogP contribution in [-0.4, -0.2) is 4.98 Å². The Morgan fingerprint density at radius 3 is 2.27 bits per heavy atom. The van der Waals surface area contributed by atoms with Crippen molar-refractivity contribution in [1.82, 2.24) is 4.98 Å². The van der Waals surface area contributed by atoms with Crippen LogP contribution in [0.3, 0.4) is 0 Å². The lowest BCUT2D eigenvalue weighted by Crippen LogP contribution is -1.80. The average molecular weight is 219 g/mol. The van der Waals surface area contributed by atoms with Gasteiger partial charge in [0, 0.05) is 21.7 Å². The van der Waals surface area contributed by atoms with Gasteiger partial charge in [0.1, 0.15) is 5.82 Å². The largest absolute Gasteiger partial charge is 0.260 e. The highest BCUT2D eigenvalue weighted by molar-refractivity contribution is 7.99. The number of pyridine rings is 1. The number of halogens is 1. The smallest absolute Gasteiger partial charge is 0.123 e. The number of hydrogen-bond donors (Lipinski definition) is 0. The molecular weight excluding hydrogens is 209 g/mol. The molecule has 0 unspecified atom stereocenters. The molecule has 76 valence electrons. The fraction of sp³-hybridized carbons (Fsp3) is 0.0833. The van der Waals surface area contributed by atoms with Crippen LogP contribution < -0.4 is 0 Å². The van der Waals surface area contributed by atoms with Crippen LogP contribution in [0.4, 0.5) is 4.39 Å². The Balaban J connectivity index is 2.15. The molecule has 15 heavy (non-hydrogen) atoms. The predicted octanol–water partition coefficient (Wildman–Crippen LogP) is 3.68.